The number of aromatic nitrogens is 1. The third-order valence-corrected chi connectivity index (χ3v) is 7.02. The Bertz CT molecular complexity index is 1010. The summed E-state index contributed by atoms with van der Waals surface area (Å²) in [5, 5.41) is 6.22. The number of likely N-dealkylation sites (N-methyl/N-ethyl adjacent to an activating group) is 1. The first-order chi connectivity index (χ1) is 14.2. The van der Waals surface area contributed by atoms with Crippen LogP contribution in [0.4, 0.5) is 5.82 Å². The van der Waals surface area contributed by atoms with Crippen LogP contribution in [0.1, 0.15) is 35.9 Å². The van der Waals surface area contributed by atoms with Crippen molar-refractivity contribution in [2.24, 2.45) is 5.92 Å². The van der Waals surface area contributed by atoms with Crippen LogP contribution in [0.2, 0.25) is 0 Å². The van der Waals surface area contributed by atoms with Crippen molar-refractivity contribution in [2.75, 3.05) is 32.0 Å². The molecule has 10 heteroatoms. The summed E-state index contributed by atoms with van der Waals surface area (Å²) in [5.74, 6) is 0.552. The number of nitrogens with one attached hydrogen (secondary N) is 1. The van der Waals surface area contributed by atoms with Gasteiger partial charge in [0, 0.05) is 31.8 Å². The molecule has 1 aromatic carbocycles. The van der Waals surface area contributed by atoms with Crippen LogP contribution in [0.3, 0.4) is 0 Å². The average molecular weight is 435 g/mol. The predicted molar refractivity (Wildman–Crippen MR) is 110 cm³/mol. The number of carbonyl (C=O) groups excluding carboxylic acids is 2. The van der Waals surface area contributed by atoms with Crippen molar-refractivity contribution in [2.45, 2.75) is 31.6 Å². The maximum Gasteiger partial charge on any atom is 0.254 e. The molecule has 1 saturated heterocycles. The monoisotopic (exact) mass is 434 g/mol. The van der Waals surface area contributed by atoms with Crippen molar-refractivity contribution in [1.29, 1.82) is 0 Å². The number of carbonyl (C=O) groups is 2. The summed E-state index contributed by atoms with van der Waals surface area (Å²) < 4.78 is 32.0. The number of hydrogen-bond acceptors (Lipinski definition) is 6. The quantitative estimate of drug-likeness (QED) is 0.745. The zero-order valence-electron chi connectivity index (χ0n) is 17.3. The minimum absolute atomic E-state index is 0.162. The van der Waals surface area contributed by atoms with Gasteiger partial charge in [0.1, 0.15) is 5.76 Å². The molecule has 0 atom stereocenters. The Kier molecular flexibility index (Phi) is 6.57. The Balaban J connectivity index is 1.62. The first-order valence-corrected chi connectivity index (χ1v) is 11.2. The van der Waals surface area contributed by atoms with E-state index in [0.717, 1.165) is 12.8 Å². The van der Waals surface area contributed by atoms with E-state index in [0.29, 0.717) is 30.3 Å². The molecule has 2 heterocycles. The first kappa shape index (κ1) is 22.0. The summed E-state index contributed by atoms with van der Waals surface area (Å²) >= 11 is 0. The van der Waals surface area contributed by atoms with Gasteiger partial charge in [-0.2, -0.15) is 4.31 Å². The molecule has 162 valence electrons. The molecule has 3 rings (SSSR count). The predicted octanol–water partition coefficient (Wildman–Crippen LogP) is 2.11. The lowest BCUT2D eigenvalue weighted by atomic mass is 10.0. The highest BCUT2D eigenvalue weighted by Crippen LogP contribution is 2.23. The van der Waals surface area contributed by atoms with Crippen molar-refractivity contribution < 1.29 is 22.5 Å². The van der Waals surface area contributed by atoms with Gasteiger partial charge in [-0.15, -0.1) is 0 Å². The molecule has 0 unspecified atom stereocenters. The maximum atomic E-state index is 12.8. The SMILES string of the molecule is Cc1cc(NC(=O)CN(C)C(=O)c2ccc(S(=O)(=O)N3CCC(C)CC3)cc2)no1. The first-order valence-electron chi connectivity index (χ1n) is 9.75. The second kappa shape index (κ2) is 8.97. The van der Waals surface area contributed by atoms with Gasteiger partial charge in [-0.05, 0) is 49.9 Å². The van der Waals surface area contributed by atoms with Crippen LogP contribution in [0.5, 0.6) is 0 Å². The molecule has 2 aromatic rings. The number of hydrogen-bond donors (Lipinski definition) is 1. The molecule has 1 fully saturated rings. The molecular formula is C20H26N4O5S. The smallest absolute Gasteiger partial charge is 0.254 e. The third-order valence-electron chi connectivity index (χ3n) is 5.10. The van der Waals surface area contributed by atoms with Gasteiger partial charge in [-0.1, -0.05) is 12.1 Å². The van der Waals surface area contributed by atoms with Crippen molar-refractivity contribution in [1.82, 2.24) is 14.4 Å². The standard InChI is InChI=1S/C20H26N4O5S/c1-14-8-10-24(11-9-14)30(27,28)17-6-4-16(5-7-17)20(26)23(3)13-19(25)21-18-12-15(2)29-22-18/h4-7,12,14H,8-11,13H2,1-3H3,(H,21,22,25). The summed E-state index contributed by atoms with van der Waals surface area (Å²) in [4.78, 5) is 26.1. The lowest BCUT2D eigenvalue weighted by Gasteiger charge is -2.29. The van der Waals surface area contributed by atoms with Crippen LogP contribution >= 0.6 is 0 Å². The van der Waals surface area contributed by atoms with Crippen LogP contribution in [0.15, 0.2) is 39.8 Å². The van der Waals surface area contributed by atoms with Crippen molar-refractivity contribution in [3.05, 3.63) is 41.7 Å². The second-order valence-corrected chi connectivity index (χ2v) is 9.58. The van der Waals surface area contributed by atoms with E-state index in [4.69, 9.17) is 4.52 Å². The van der Waals surface area contributed by atoms with Crippen LogP contribution in [-0.4, -0.2) is 61.3 Å². The summed E-state index contributed by atoms with van der Waals surface area (Å²) in [7, 11) is -2.08. The molecule has 1 aliphatic heterocycles. The van der Waals surface area contributed by atoms with E-state index < -0.39 is 21.8 Å². The maximum absolute atomic E-state index is 12.8. The molecular weight excluding hydrogens is 408 g/mol. The molecule has 0 bridgehead atoms. The minimum atomic E-state index is -3.57. The van der Waals surface area contributed by atoms with Crippen molar-refractivity contribution >= 4 is 27.7 Å². The van der Waals surface area contributed by atoms with E-state index in [9.17, 15) is 18.0 Å². The van der Waals surface area contributed by atoms with Crippen LogP contribution in [0.25, 0.3) is 0 Å². The number of nitrogens with zero attached hydrogens (tertiary/aromatic N) is 3. The van der Waals surface area contributed by atoms with Crippen molar-refractivity contribution in [3.8, 4) is 0 Å². The molecule has 1 N–H and O–H groups in total. The van der Waals surface area contributed by atoms with E-state index in [-0.39, 0.29) is 17.3 Å². The van der Waals surface area contributed by atoms with Crippen LogP contribution < -0.4 is 5.32 Å². The number of anilines is 1. The van der Waals surface area contributed by atoms with Gasteiger partial charge >= 0.3 is 0 Å². The van der Waals surface area contributed by atoms with E-state index in [1.54, 1.807) is 13.0 Å². The molecule has 1 aliphatic rings. The lowest BCUT2D eigenvalue weighted by Crippen LogP contribution is -2.38. The van der Waals surface area contributed by atoms with Gasteiger partial charge in [-0.3, -0.25) is 9.59 Å². The number of aryl methyl sites for hydroxylation is 1. The van der Waals surface area contributed by atoms with E-state index in [1.807, 2.05) is 0 Å². The molecule has 9 nitrogen and oxygen atoms in total. The third kappa shape index (κ3) is 5.06. The Morgan fingerprint density at radius 2 is 1.87 bits per heavy atom. The molecule has 2 amide bonds. The number of rotatable bonds is 6. The highest BCUT2D eigenvalue weighted by molar-refractivity contribution is 7.89. The summed E-state index contributed by atoms with van der Waals surface area (Å²) in [6, 6.07) is 7.38. The molecule has 0 aliphatic carbocycles. The minimum Gasteiger partial charge on any atom is -0.360 e. The zero-order valence-corrected chi connectivity index (χ0v) is 18.1. The van der Waals surface area contributed by atoms with Gasteiger partial charge in [-0.25, -0.2) is 8.42 Å². The normalized spacial score (nSPS) is 15.7. The van der Waals surface area contributed by atoms with Gasteiger partial charge in [0.2, 0.25) is 15.9 Å². The Labute approximate surface area is 176 Å². The Morgan fingerprint density at radius 3 is 2.43 bits per heavy atom. The number of amides is 2. The van der Waals surface area contributed by atoms with Gasteiger partial charge in [0.15, 0.2) is 5.82 Å². The second-order valence-electron chi connectivity index (χ2n) is 7.64. The fraction of sp³-hybridized carbons (Fsp3) is 0.450. The van der Waals surface area contributed by atoms with E-state index in [1.165, 1.54) is 40.5 Å². The molecule has 30 heavy (non-hydrogen) atoms. The Morgan fingerprint density at radius 1 is 1.23 bits per heavy atom. The van der Waals surface area contributed by atoms with Gasteiger partial charge < -0.3 is 14.7 Å². The molecule has 0 saturated carbocycles. The highest BCUT2D eigenvalue weighted by Gasteiger charge is 2.28. The largest absolute Gasteiger partial charge is 0.360 e. The highest BCUT2D eigenvalue weighted by atomic mass is 32.2. The van der Waals surface area contributed by atoms with Crippen LogP contribution in [-0.2, 0) is 14.8 Å². The van der Waals surface area contributed by atoms with Gasteiger partial charge in [0.05, 0.1) is 11.4 Å². The van der Waals surface area contributed by atoms with Crippen LogP contribution in [0, 0.1) is 12.8 Å². The Hall–Kier alpha value is -2.72. The number of sulfonamides is 1. The number of piperidine rings is 1. The van der Waals surface area contributed by atoms with E-state index in [2.05, 4.69) is 17.4 Å². The van der Waals surface area contributed by atoms with Crippen molar-refractivity contribution in [3.63, 3.8) is 0 Å². The lowest BCUT2D eigenvalue weighted by molar-refractivity contribution is -0.116. The zero-order chi connectivity index (χ0) is 21.9. The molecule has 1 aromatic heterocycles. The fourth-order valence-electron chi connectivity index (χ4n) is 3.26. The topological polar surface area (TPSA) is 113 Å². The average Bonchev–Trinajstić information content (AvgIpc) is 3.12. The van der Waals surface area contributed by atoms with Gasteiger partial charge in [0.25, 0.3) is 5.91 Å². The summed E-state index contributed by atoms with van der Waals surface area (Å²) in [5.41, 5.74) is 0.300. The molecule has 0 spiro atoms. The van der Waals surface area contributed by atoms with E-state index >= 15 is 0 Å². The summed E-state index contributed by atoms with van der Waals surface area (Å²) in [6.07, 6.45) is 1.69. The summed E-state index contributed by atoms with van der Waals surface area (Å²) in [6.45, 7) is 4.65. The fourth-order valence-corrected chi connectivity index (χ4v) is 4.73. The molecule has 0 radical (unpaired) electrons. The number of benzene rings is 1.